The minimum Gasteiger partial charge on any atom is -0.325 e. The Balaban J connectivity index is 1.26. The van der Waals surface area contributed by atoms with Crippen LogP contribution >= 0.6 is 34.4 Å². The number of fused-ring (bicyclic) bond motifs is 2. The van der Waals surface area contributed by atoms with E-state index in [0.717, 1.165) is 20.8 Å². The molecule has 1 amide bonds. The first-order chi connectivity index (χ1) is 15.5. The second kappa shape index (κ2) is 8.50. The van der Waals surface area contributed by atoms with Gasteiger partial charge in [0.25, 0.3) is 5.56 Å². The number of thiazole rings is 1. The van der Waals surface area contributed by atoms with Crippen molar-refractivity contribution in [3.05, 3.63) is 69.8 Å². The fourth-order valence-corrected chi connectivity index (χ4v) is 5.93. The molecule has 1 N–H and O–H groups in total. The van der Waals surface area contributed by atoms with Crippen molar-refractivity contribution in [1.82, 2.24) is 14.5 Å². The van der Waals surface area contributed by atoms with Crippen molar-refractivity contribution in [3.8, 4) is 10.6 Å². The molecule has 5 aromatic rings. The molecule has 0 aliphatic heterocycles. The van der Waals surface area contributed by atoms with Crippen LogP contribution in [0.5, 0.6) is 0 Å². The van der Waals surface area contributed by atoms with Gasteiger partial charge in [0.2, 0.25) is 5.91 Å². The minimum atomic E-state index is -0.154. The van der Waals surface area contributed by atoms with Crippen LogP contribution in [0.4, 0.5) is 5.69 Å². The molecule has 0 unspecified atom stereocenters. The molecule has 0 bridgehead atoms. The second-order valence-corrected chi connectivity index (χ2v) is 10.2. The van der Waals surface area contributed by atoms with Gasteiger partial charge >= 0.3 is 0 Å². The number of hydrogen-bond donors (Lipinski definition) is 1. The Hall–Kier alpha value is -3.01. The Morgan fingerprint density at radius 3 is 2.75 bits per heavy atom. The van der Waals surface area contributed by atoms with Gasteiger partial charge in [-0.15, -0.1) is 22.7 Å². The maximum Gasteiger partial charge on any atom is 0.262 e. The van der Waals surface area contributed by atoms with Crippen molar-refractivity contribution >= 4 is 66.5 Å². The summed E-state index contributed by atoms with van der Waals surface area (Å²) in [4.78, 5) is 34.7. The number of amides is 1. The SMILES string of the molecule is Cc1ccc2nc(-c3ccc(NC(=O)CSc4nc5sccc5c(=O)n4C)cc3)sc2c1. The van der Waals surface area contributed by atoms with Crippen LogP contribution in [0.15, 0.2) is 63.9 Å². The second-order valence-electron chi connectivity index (χ2n) is 7.30. The van der Waals surface area contributed by atoms with Gasteiger partial charge in [0.1, 0.15) is 9.84 Å². The van der Waals surface area contributed by atoms with Gasteiger partial charge in [-0.25, -0.2) is 9.97 Å². The summed E-state index contributed by atoms with van der Waals surface area (Å²) in [6, 6.07) is 15.7. The van der Waals surface area contributed by atoms with Gasteiger partial charge in [-0.05, 0) is 60.3 Å². The van der Waals surface area contributed by atoms with E-state index in [1.165, 1.54) is 33.2 Å². The van der Waals surface area contributed by atoms with E-state index >= 15 is 0 Å². The largest absolute Gasteiger partial charge is 0.325 e. The van der Waals surface area contributed by atoms with E-state index in [9.17, 15) is 9.59 Å². The van der Waals surface area contributed by atoms with Crippen LogP contribution in [0.25, 0.3) is 31.0 Å². The van der Waals surface area contributed by atoms with E-state index < -0.39 is 0 Å². The quantitative estimate of drug-likeness (QED) is 0.274. The summed E-state index contributed by atoms with van der Waals surface area (Å²) in [5, 5.41) is 6.84. The molecule has 32 heavy (non-hydrogen) atoms. The maximum absolute atomic E-state index is 12.4. The fraction of sp³-hybridized carbons (Fsp3) is 0.130. The van der Waals surface area contributed by atoms with Crippen molar-refractivity contribution < 1.29 is 4.79 Å². The molecular weight excluding hydrogens is 460 g/mol. The topological polar surface area (TPSA) is 76.9 Å². The number of hydrogen-bond acceptors (Lipinski definition) is 7. The zero-order valence-electron chi connectivity index (χ0n) is 17.3. The lowest BCUT2D eigenvalue weighted by Gasteiger charge is -2.08. The van der Waals surface area contributed by atoms with Gasteiger partial charge in [-0.3, -0.25) is 14.2 Å². The number of rotatable bonds is 5. The summed E-state index contributed by atoms with van der Waals surface area (Å²) in [6.45, 7) is 2.07. The highest BCUT2D eigenvalue weighted by Crippen LogP contribution is 2.31. The number of benzene rings is 2. The van der Waals surface area contributed by atoms with E-state index in [2.05, 4.69) is 29.4 Å². The highest BCUT2D eigenvalue weighted by atomic mass is 32.2. The summed E-state index contributed by atoms with van der Waals surface area (Å²) in [5.74, 6) is 0.00888. The molecule has 0 fully saturated rings. The molecule has 0 spiro atoms. The Morgan fingerprint density at radius 1 is 1.12 bits per heavy atom. The lowest BCUT2D eigenvalue weighted by molar-refractivity contribution is -0.113. The third-order valence-electron chi connectivity index (χ3n) is 4.96. The Labute approximate surface area is 196 Å². The van der Waals surface area contributed by atoms with Crippen LogP contribution in [0.2, 0.25) is 0 Å². The number of carbonyl (C=O) groups excluding carboxylic acids is 1. The van der Waals surface area contributed by atoms with Gasteiger partial charge < -0.3 is 5.32 Å². The average Bonchev–Trinajstić information content (AvgIpc) is 3.42. The first kappa shape index (κ1) is 20.9. The Kier molecular flexibility index (Phi) is 5.54. The van der Waals surface area contributed by atoms with Crippen molar-refractivity contribution in [3.63, 3.8) is 0 Å². The summed E-state index contributed by atoms with van der Waals surface area (Å²) >= 11 is 4.33. The van der Waals surface area contributed by atoms with E-state index in [1.807, 2.05) is 35.7 Å². The van der Waals surface area contributed by atoms with Crippen LogP contribution < -0.4 is 10.9 Å². The molecule has 0 atom stereocenters. The summed E-state index contributed by atoms with van der Waals surface area (Å²) in [7, 11) is 1.68. The van der Waals surface area contributed by atoms with Crippen molar-refractivity contribution in [2.24, 2.45) is 7.05 Å². The van der Waals surface area contributed by atoms with Crippen LogP contribution in [0.3, 0.4) is 0 Å². The highest BCUT2D eigenvalue weighted by Gasteiger charge is 2.12. The predicted octanol–water partition coefficient (Wildman–Crippen LogP) is 5.31. The van der Waals surface area contributed by atoms with Gasteiger partial charge in [0, 0.05) is 18.3 Å². The zero-order valence-corrected chi connectivity index (χ0v) is 19.7. The number of thiophene rings is 1. The molecule has 0 aliphatic rings. The van der Waals surface area contributed by atoms with Crippen molar-refractivity contribution in [2.45, 2.75) is 12.1 Å². The summed E-state index contributed by atoms with van der Waals surface area (Å²) < 4.78 is 2.65. The minimum absolute atomic E-state index is 0.0974. The van der Waals surface area contributed by atoms with Gasteiger partial charge in [0.05, 0.1) is 21.4 Å². The number of anilines is 1. The van der Waals surface area contributed by atoms with E-state index in [0.29, 0.717) is 21.1 Å². The number of nitrogens with one attached hydrogen (secondary N) is 1. The highest BCUT2D eigenvalue weighted by molar-refractivity contribution is 7.99. The van der Waals surface area contributed by atoms with Crippen molar-refractivity contribution in [1.29, 1.82) is 0 Å². The van der Waals surface area contributed by atoms with Crippen LogP contribution in [0.1, 0.15) is 5.56 Å². The number of nitrogens with zero attached hydrogens (tertiary/aromatic N) is 3. The van der Waals surface area contributed by atoms with Crippen LogP contribution in [0, 0.1) is 6.92 Å². The van der Waals surface area contributed by atoms with E-state index in [4.69, 9.17) is 4.98 Å². The Morgan fingerprint density at radius 2 is 1.94 bits per heavy atom. The number of thioether (sulfide) groups is 1. The number of aryl methyl sites for hydroxylation is 1. The Bertz CT molecular complexity index is 1520. The maximum atomic E-state index is 12.4. The van der Waals surface area contributed by atoms with E-state index in [1.54, 1.807) is 24.5 Å². The molecule has 0 radical (unpaired) electrons. The molecule has 6 nitrogen and oxygen atoms in total. The summed E-state index contributed by atoms with van der Waals surface area (Å²) in [5.41, 5.74) is 3.84. The zero-order chi connectivity index (χ0) is 22.2. The van der Waals surface area contributed by atoms with Gasteiger partial charge in [-0.1, -0.05) is 17.8 Å². The van der Waals surface area contributed by atoms with Crippen LogP contribution in [-0.4, -0.2) is 26.2 Å². The molecule has 5 rings (SSSR count). The standard InChI is InChI=1S/C23H18N4O2S3/c1-13-3-8-17-18(11-13)32-20(25-17)14-4-6-15(7-5-14)24-19(28)12-31-23-26-21-16(9-10-30-21)22(29)27(23)2/h3-11H,12H2,1-2H3,(H,24,28). The lowest BCUT2D eigenvalue weighted by atomic mass is 10.2. The first-order valence-corrected chi connectivity index (χ1v) is 12.5. The molecule has 2 aromatic carbocycles. The van der Waals surface area contributed by atoms with E-state index in [-0.39, 0.29) is 17.2 Å². The first-order valence-electron chi connectivity index (χ1n) is 9.82. The predicted molar refractivity (Wildman–Crippen MR) is 134 cm³/mol. The van der Waals surface area contributed by atoms with Crippen molar-refractivity contribution in [2.75, 3.05) is 11.1 Å². The van der Waals surface area contributed by atoms with Gasteiger partial charge in [-0.2, -0.15) is 0 Å². The molecule has 0 aliphatic carbocycles. The average molecular weight is 479 g/mol. The monoisotopic (exact) mass is 478 g/mol. The van der Waals surface area contributed by atoms with Gasteiger partial charge in [0.15, 0.2) is 5.16 Å². The normalized spacial score (nSPS) is 11.3. The third kappa shape index (κ3) is 4.06. The molecule has 0 saturated heterocycles. The molecule has 0 saturated carbocycles. The van der Waals surface area contributed by atoms with Crippen LogP contribution in [-0.2, 0) is 11.8 Å². The molecule has 3 heterocycles. The fourth-order valence-electron chi connectivity index (χ4n) is 3.29. The molecule has 9 heteroatoms. The summed E-state index contributed by atoms with van der Waals surface area (Å²) in [6.07, 6.45) is 0. The molecular formula is C23H18N4O2S3. The number of aromatic nitrogens is 3. The number of carbonyl (C=O) groups is 1. The molecule has 160 valence electrons. The lowest BCUT2D eigenvalue weighted by Crippen LogP contribution is -2.20. The smallest absolute Gasteiger partial charge is 0.262 e. The molecule has 3 aromatic heterocycles. The third-order valence-corrected chi connectivity index (χ3v) is 7.86.